The summed E-state index contributed by atoms with van der Waals surface area (Å²) in [5, 5.41) is 16.6. The zero-order chi connectivity index (χ0) is 30.2. The monoisotopic (exact) mass is 597 g/mol. The topological polar surface area (TPSA) is 95.2 Å². The summed E-state index contributed by atoms with van der Waals surface area (Å²) in [7, 11) is 0. The number of anilines is 2. The number of nitrogens with zero attached hydrogens (tertiary/aromatic N) is 5. The van der Waals surface area contributed by atoms with Gasteiger partial charge in [-0.15, -0.1) is 0 Å². The van der Waals surface area contributed by atoms with E-state index in [9.17, 15) is 0 Å². The predicted molar refractivity (Wildman–Crippen MR) is 176 cm³/mol. The van der Waals surface area contributed by atoms with Crippen LogP contribution in [-0.4, -0.2) is 69.7 Å². The number of fused-ring (bicyclic) bond motifs is 5. The molecule has 9 rings (SSSR count). The molecule has 2 N–H and O–H groups in total. The van der Waals surface area contributed by atoms with E-state index in [1.54, 1.807) is 0 Å². The molecule has 2 fully saturated rings. The maximum Gasteiger partial charge on any atom is 0.176 e. The van der Waals surface area contributed by atoms with Crippen molar-refractivity contribution in [2.24, 2.45) is 10.8 Å². The summed E-state index contributed by atoms with van der Waals surface area (Å²) < 4.78 is 12.6. The van der Waals surface area contributed by atoms with E-state index in [4.69, 9.17) is 14.5 Å². The molecular formula is C36H35N7O2. The number of aromatic nitrogens is 5. The summed E-state index contributed by atoms with van der Waals surface area (Å²) in [6, 6.07) is 21.3. The number of likely N-dealkylation sites (tertiary alicyclic amines) is 1. The molecule has 0 amide bonds. The summed E-state index contributed by atoms with van der Waals surface area (Å²) in [5.74, 6) is 2.46. The molecule has 0 unspecified atom stereocenters. The van der Waals surface area contributed by atoms with Crippen LogP contribution in [0, 0.1) is 10.8 Å². The first-order valence-electron chi connectivity index (χ1n) is 15.7. The molecule has 6 aromatic rings. The quantitative estimate of drug-likeness (QED) is 0.210. The Morgan fingerprint density at radius 3 is 2.04 bits per heavy atom. The Morgan fingerprint density at radius 2 is 1.33 bits per heavy atom. The highest BCUT2D eigenvalue weighted by Crippen LogP contribution is 2.51. The SMILES string of the molecule is C[C@@]12COC[C@]1(C)CN(CCCN1c3ccc(-c4ccc5[nH]ncc5c4)cc3Oc3cc(-c4ccc5[nH]ncc5c4)cnc31)C2. The first kappa shape index (κ1) is 26.7. The van der Waals surface area contributed by atoms with Crippen LogP contribution in [0.1, 0.15) is 20.3 Å². The number of benzene rings is 3. The highest BCUT2D eigenvalue weighted by molar-refractivity contribution is 5.87. The van der Waals surface area contributed by atoms with Crippen LogP contribution in [0.5, 0.6) is 11.5 Å². The van der Waals surface area contributed by atoms with E-state index in [-0.39, 0.29) is 10.8 Å². The van der Waals surface area contributed by atoms with Crippen LogP contribution in [0.15, 0.2) is 79.3 Å². The van der Waals surface area contributed by atoms with Gasteiger partial charge >= 0.3 is 0 Å². The maximum atomic E-state index is 6.67. The maximum absolute atomic E-state index is 6.67. The molecule has 3 aliphatic rings. The van der Waals surface area contributed by atoms with Crippen LogP contribution in [0.2, 0.25) is 0 Å². The Balaban J connectivity index is 1.04. The van der Waals surface area contributed by atoms with Crippen molar-refractivity contribution in [3.05, 3.63) is 79.3 Å². The van der Waals surface area contributed by atoms with Crippen LogP contribution < -0.4 is 9.64 Å². The van der Waals surface area contributed by atoms with Crippen LogP contribution in [0.3, 0.4) is 0 Å². The minimum Gasteiger partial charge on any atom is -0.451 e. The number of nitrogens with one attached hydrogen (secondary N) is 2. The third-order valence-corrected chi connectivity index (χ3v) is 10.4. The van der Waals surface area contributed by atoms with Gasteiger partial charge in [0.25, 0.3) is 0 Å². The van der Waals surface area contributed by atoms with E-state index in [2.05, 4.69) is 105 Å². The fraction of sp³-hybridized carbons (Fsp3) is 0.306. The van der Waals surface area contributed by atoms with Crippen molar-refractivity contribution in [1.29, 1.82) is 0 Å². The molecule has 2 atom stereocenters. The van der Waals surface area contributed by atoms with E-state index in [1.165, 1.54) is 0 Å². The van der Waals surface area contributed by atoms with E-state index >= 15 is 0 Å². The average Bonchev–Trinajstić information content (AvgIpc) is 3.81. The summed E-state index contributed by atoms with van der Waals surface area (Å²) in [5.41, 5.74) is 7.86. The lowest BCUT2D eigenvalue weighted by atomic mass is 9.71. The normalized spacial score (nSPS) is 22.5. The van der Waals surface area contributed by atoms with Crippen LogP contribution >= 0.6 is 0 Å². The Kier molecular flexibility index (Phi) is 5.86. The molecule has 3 aromatic carbocycles. The highest BCUT2D eigenvalue weighted by Gasteiger charge is 2.55. The van der Waals surface area contributed by atoms with Gasteiger partial charge < -0.3 is 19.3 Å². The fourth-order valence-corrected chi connectivity index (χ4v) is 7.55. The van der Waals surface area contributed by atoms with Gasteiger partial charge in [-0.25, -0.2) is 4.98 Å². The molecule has 0 radical (unpaired) electrons. The zero-order valence-electron chi connectivity index (χ0n) is 25.5. The molecule has 0 spiro atoms. The van der Waals surface area contributed by atoms with E-state index in [0.29, 0.717) is 0 Å². The molecule has 3 aromatic heterocycles. The number of hydrogen-bond donors (Lipinski definition) is 2. The van der Waals surface area contributed by atoms with Gasteiger partial charge in [0.2, 0.25) is 0 Å². The summed E-state index contributed by atoms with van der Waals surface area (Å²) >= 11 is 0. The van der Waals surface area contributed by atoms with Gasteiger partial charge in [0.15, 0.2) is 17.3 Å². The second-order valence-electron chi connectivity index (χ2n) is 13.5. The Bertz CT molecular complexity index is 1940. The fourth-order valence-electron chi connectivity index (χ4n) is 7.55. The third-order valence-electron chi connectivity index (χ3n) is 10.4. The molecule has 6 heterocycles. The standard InChI is InChI=1S/C36H35N7O2/c1-35-19-42(20-36(35,2)22-44-21-35)10-3-11-43-31-9-6-25(23-4-7-29-27(12-23)17-38-40-29)14-32(31)45-33-15-26(16-37-34(33)43)24-5-8-30-28(13-24)18-39-41-30/h4-9,12-18H,3,10-11,19-22H2,1-2H3,(H,38,40)(H,39,41)/t35-,36+. The van der Waals surface area contributed by atoms with Gasteiger partial charge in [0.1, 0.15) is 0 Å². The Hall–Kier alpha value is -4.73. The van der Waals surface area contributed by atoms with E-state index < -0.39 is 0 Å². The van der Waals surface area contributed by atoms with Gasteiger partial charge in [-0.05, 0) is 72.1 Å². The molecule has 0 bridgehead atoms. The van der Waals surface area contributed by atoms with Gasteiger partial charge in [-0.3, -0.25) is 10.2 Å². The minimum absolute atomic E-state index is 0.235. The molecule has 2 saturated heterocycles. The van der Waals surface area contributed by atoms with Gasteiger partial charge in [0, 0.05) is 53.0 Å². The summed E-state index contributed by atoms with van der Waals surface area (Å²) in [4.78, 5) is 9.97. The lowest BCUT2D eigenvalue weighted by Crippen LogP contribution is -2.34. The molecular weight excluding hydrogens is 562 g/mol. The molecule has 45 heavy (non-hydrogen) atoms. The van der Waals surface area contributed by atoms with Crippen molar-refractivity contribution in [3.63, 3.8) is 0 Å². The van der Waals surface area contributed by atoms with Crippen molar-refractivity contribution in [2.45, 2.75) is 20.3 Å². The molecule has 0 aliphatic carbocycles. The van der Waals surface area contributed by atoms with Gasteiger partial charge in [-0.2, -0.15) is 10.2 Å². The lowest BCUT2D eigenvalue weighted by Gasteiger charge is -2.33. The molecule has 3 aliphatic heterocycles. The Labute approximate surface area is 261 Å². The van der Waals surface area contributed by atoms with Crippen LogP contribution in [0.25, 0.3) is 44.1 Å². The second kappa shape index (κ2) is 9.89. The number of ether oxygens (including phenoxy) is 2. The van der Waals surface area contributed by atoms with Crippen molar-refractivity contribution in [2.75, 3.05) is 44.3 Å². The zero-order valence-corrected chi connectivity index (χ0v) is 25.5. The molecule has 9 heteroatoms. The predicted octanol–water partition coefficient (Wildman–Crippen LogP) is 7.16. The van der Waals surface area contributed by atoms with Crippen LogP contribution in [-0.2, 0) is 4.74 Å². The summed E-state index contributed by atoms with van der Waals surface area (Å²) in [6.07, 6.45) is 6.69. The van der Waals surface area contributed by atoms with Gasteiger partial charge in [0.05, 0.1) is 42.3 Å². The molecule has 9 nitrogen and oxygen atoms in total. The third kappa shape index (κ3) is 4.33. The summed E-state index contributed by atoms with van der Waals surface area (Å²) in [6.45, 7) is 10.6. The van der Waals surface area contributed by atoms with Crippen molar-refractivity contribution < 1.29 is 9.47 Å². The smallest absolute Gasteiger partial charge is 0.176 e. The van der Waals surface area contributed by atoms with Crippen molar-refractivity contribution in [3.8, 4) is 33.8 Å². The van der Waals surface area contributed by atoms with E-state index in [1.807, 2.05) is 18.6 Å². The lowest BCUT2D eigenvalue weighted by molar-refractivity contribution is 0.130. The number of H-pyrrole nitrogens is 2. The van der Waals surface area contributed by atoms with Crippen LogP contribution in [0.4, 0.5) is 11.5 Å². The second-order valence-corrected chi connectivity index (χ2v) is 13.5. The first-order valence-corrected chi connectivity index (χ1v) is 15.7. The van der Waals surface area contributed by atoms with E-state index in [0.717, 1.165) is 113 Å². The minimum atomic E-state index is 0.235. The van der Waals surface area contributed by atoms with Crippen molar-refractivity contribution >= 4 is 33.3 Å². The number of rotatable bonds is 6. The molecule has 0 saturated carbocycles. The van der Waals surface area contributed by atoms with Crippen molar-refractivity contribution in [1.82, 2.24) is 30.3 Å². The molecule has 226 valence electrons. The first-order chi connectivity index (χ1) is 21.9. The largest absolute Gasteiger partial charge is 0.451 e. The van der Waals surface area contributed by atoms with Gasteiger partial charge in [-0.1, -0.05) is 32.0 Å². The highest BCUT2D eigenvalue weighted by atomic mass is 16.5. The number of aromatic amines is 2. The Morgan fingerprint density at radius 1 is 0.711 bits per heavy atom. The number of hydrogen-bond acceptors (Lipinski definition) is 7. The number of pyridine rings is 1. The average molecular weight is 598 g/mol.